The molecule has 0 fully saturated rings. The maximum atomic E-state index is 8.53. The lowest BCUT2D eigenvalue weighted by Gasteiger charge is -1.84. The normalized spacial score (nSPS) is 9.73. The van der Waals surface area contributed by atoms with Crippen molar-refractivity contribution in [1.29, 1.82) is 5.26 Å². The van der Waals surface area contributed by atoms with Gasteiger partial charge >= 0.3 is 0 Å². The van der Waals surface area contributed by atoms with Crippen molar-refractivity contribution in [3.05, 3.63) is 24.3 Å². The average Bonchev–Trinajstić information content (AvgIpc) is 2.47. The molecule has 0 aliphatic heterocycles. The number of hydrogen-bond acceptors (Lipinski definition) is 3. The summed E-state index contributed by atoms with van der Waals surface area (Å²) in [5.41, 5.74) is 1.49. The molecule has 52 valence electrons. The Morgan fingerprint density at radius 1 is 1.36 bits per heavy atom. The molecule has 2 aromatic rings. The molecule has 0 N–H and O–H groups in total. The SMILES string of the molecule is N#Cn1nnc2ccccc21. The molecule has 0 aliphatic carbocycles. The molecule has 0 radical (unpaired) electrons. The van der Waals surface area contributed by atoms with Gasteiger partial charge in [-0.15, -0.1) is 9.78 Å². The Labute approximate surface area is 62.7 Å². The van der Waals surface area contributed by atoms with Crippen LogP contribution >= 0.6 is 0 Å². The van der Waals surface area contributed by atoms with Gasteiger partial charge in [0.2, 0.25) is 6.19 Å². The number of para-hydroxylation sites is 1. The van der Waals surface area contributed by atoms with E-state index in [9.17, 15) is 0 Å². The first kappa shape index (κ1) is 5.86. The average molecular weight is 144 g/mol. The summed E-state index contributed by atoms with van der Waals surface area (Å²) in [6.07, 6.45) is 1.89. The van der Waals surface area contributed by atoms with Crippen molar-refractivity contribution in [1.82, 2.24) is 15.0 Å². The number of nitriles is 1. The van der Waals surface area contributed by atoms with Gasteiger partial charge in [0.05, 0.1) is 0 Å². The Morgan fingerprint density at radius 2 is 2.18 bits per heavy atom. The molecule has 0 saturated carbocycles. The number of aromatic nitrogens is 3. The molecule has 0 aliphatic rings. The molecule has 0 atom stereocenters. The van der Waals surface area contributed by atoms with Gasteiger partial charge in [-0.2, -0.15) is 5.26 Å². The maximum Gasteiger partial charge on any atom is 0.208 e. The zero-order valence-corrected chi connectivity index (χ0v) is 5.60. The fourth-order valence-electron chi connectivity index (χ4n) is 0.943. The summed E-state index contributed by atoms with van der Waals surface area (Å²) in [6.45, 7) is 0. The van der Waals surface area contributed by atoms with Crippen LogP contribution < -0.4 is 0 Å². The van der Waals surface area contributed by atoms with Crippen molar-refractivity contribution in [3.63, 3.8) is 0 Å². The fraction of sp³-hybridized carbons (Fsp3) is 0. The molecule has 4 nitrogen and oxygen atoms in total. The lowest BCUT2D eigenvalue weighted by Crippen LogP contribution is -1.88. The molecule has 0 saturated heterocycles. The summed E-state index contributed by atoms with van der Waals surface area (Å²) in [5, 5.41) is 15.9. The zero-order chi connectivity index (χ0) is 7.68. The van der Waals surface area contributed by atoms with Gasteiger partial charge in [0.15, 0.2) is 0 Å². The highest BCUT2D eigenvalue weighted by molar-refractivity contribution is 5.74. The van der Waals surface area contributed by atoms with Crippen LogP contribution in [0.1, 0.15) is 0 Å². The van der Waals surface area contributed by atoms with Gasteiger partial charge in [-0.1, -0.05) is 17.3 Å². The van der Waals surface area contributed by atoms with Crippen LogP contribution in [0.2, 0.25) is 0 Å². The van der Waals surface area contributed by atoms with E-state index in [2.05, 4.69) is 10.3 Å². The molecule has 4 heteroatoms. The molecular formula is C7H4N4. The van der Waals surface area contributed by atoms with Gasteiger partial charge in [0.25, 0.3) is 0 Å². The van der Waals surface area contributed by atoms with Crippen molar-refractivity contribution >= 4 is 11.0 Å². The predicted octanol–water partition coefficient (Wildman–Crippen LogP) is 0.760. The molecule has 0 amide bonds. The fourth-order valence-corrected chi connectivity index (χ4v) is 0.943. The first-order chi connectivity index (χ1) is 5.42. The van der Waals surface area contributed by atoms with E-state index in [1.54, 1.807) is 6.07 Å². The highest BCUT2D eigenvalue weighted by atomic mass is 15.4. The smallest absolute Gasteiger partial charge is 0.170 e. The Balaban J connectivity index is 2.89. The van der Waals surface area contributed by atoms with Crippen molar-refractivity contribution < 1.29 is 0 Å². The Hall–Kier alpha value is -1.89. The van der Waals surface area contributed by atoms with Crippen LogP contribution in [0.25, 0.3) is 11.0 Å². The standard InChI is InChI=1S/C7H4N4/c8-5-11-7-4-2-1-3-6(7)9-10-11/h1-4H. The van der Waals surface area contributed by atoms with E-state index in [1.165, 1.54) is 4.68 Å². The first-order valence-corrected chi connectivity index (χ1v) is 3.12. The van der Waals surface area contributed by atoms with E-state index >= 15 is 0 Å². The van der Waals surface area contributed by atoms with Gasteiger partial charge < -0.3 is 0 Å². The van der Waals surface area contributed by atoms with Crippen LogP contribution in [-0.2, 0) is 0 Å². The molecule has 0 unspecified atom stereocenters. The zero-order valence-electron chi connectivity index (χ0n) is 5.60. The van der Waals surface area contributed by atoms with Crippen molar-refractivity contribution in [2.24, 2.45) is 0 Å². The van der Waals surface area contributed by atoms with Crippen LogP contribution in [0.4, 0.5) is 0 Å². The monoisotopic (exact) mass is 144 g/mol. The second-order valence-electron chi connectivity index (χ2n) is 2.09. The first-order valence-electron chi connectivity index (χ1n) is 3.12. The molecule has 11 heavy (non-hydrogen) atoms. The number of benzene rings is 1. The summed E-state index contributed by atoms with van der Waals surface area (Å²) in [6, 6.07) is 7.33. The third kappa shape index (κ3) is 0.749. The molecule has 2 rings (SSSR count). The lowest BCUT2D eigenvalue weighted by molar-refractivity contribution is 0.836. The molecule has 0 spiro atoms. The van der Waals surface area contributed by atoms with Crippen molar-refractivity contribution in [2.75, 3.05) is 0 Å². The van der Waals surface area contributed by atoms with E-state index in [4.69, 9.17) is 5.26 Å². The van der Waals surface area contributed by atoms with Crippen molar-refractivity contribution in [2.45, 2.75) is 0 Å². The topological polar surface area (TPSA) is 54.5 Å². The Kier molecular flexibility index (Phi) is 1.10. The Bertz CT molecular complexity index is 423. The number of nitrogens with zero attached hydrogens (tertiary/aromatic N) is 4. The maximum absolute atomic E-state index is 8.53. The van der Waals surface area contributed by atoms with Gasteiger partial charge in [-0.25, -0.2) is 0 Å². The minimum Gasteiger partial charge on any atom is -0.170 e. The Morgan fingerprint density at radius 3 is 3.00 bits per heavy atom. The van der Waals surface area contributed by atoms with Crippen LogP contribution in [0.5, 0.6) is 0 Å². The molecule has 1 aromatic carbocycles. The number of rotatable bonds is 0. The predicted molar refractivity (Wildman–Crippen MR) is 38.5 cm³/mol. The lowest BCUT2D eigenvalue weighted by atomic mass is 10.3. The molecule has 1 aromatic heterocycles. The van der Waals surface area contributed by atoms with Crippen LogP contribution in [0.15, 0.2) is 24.3 Å². The van der Waals surface area contributed by atoms with E-state index in [0.29, 0.717) is 0 Å². The minimum atomic E-state index is 0.744. The third-order valence-corrected chi connectivity index (χ3v) is 1.45. The van der Waals surface area contributed by atoms with E-state index in [-0.39, 0.29) is 0 Å². The van der Waals surface area contributed by atoms with Crippen molar-refractivity contribution in [3.8, 4) is 6.19 Å². The van der Waals surface area contributed by atoms with Crippen LogP contribution in [0.3, 0.4) is 0 Å². The summed E-state index contributed by atoms with van der Waals surface area (Å²) in [5.74, 6) is 0. The minimum absolute atomic E-state index is 0.744. The largest absolute Gasteiger partial charge is 0.208 e. The van der Waals surface area contributed by atoms with E-state index in [1.807, 2.05) is 24.4 Å². The molecule has 1 heterocycles. The van der Waals surface area contributed by atoms with Gasteiger partial charge in [0.1, 0.15) is 11.0 Å². The van der Waals surface area contributed by atoms with E-state index in [0.717, 1.165) is 11.0 Å². The summed E-state index contributed by atoms with van der Waals surface area (Å²) >= 11 is 0. The van der Waals surface area contributed by atoms with Gasteiger partial charge in [0, 0.05) is 0 Å². The number of fused-ring (bicyclic) bond motifs is 1. The van der Waals surface area contributed by atoms with E-state index < -0.39 is 0 Å². The molecule has 0 bridgehead atoms. The quantitative estimate of drug-likeness (QED) is 0.548. The van der Waals surface area contributed by atoms with Crippen LogP contribution in [0, 0.1) is 11.5 Å². The third-order valence-electron chi connectivity index (χ3n) is 1.45. The van der Waals surface area contributed by atoms with Crippen LogP contribution in [-0.4, -0.2) is 15.0 Å². The second kappa shape index (κ2) is 2.06. The van der Waals surface area contributed by atoms with Gasteiger partial charge in [-0.05, 0) is 12.1 Å². The summed E-state index contributed by atoms with van der Waals surface area (Å²) < 4.78 is 1.19. The number of hydrogen-bond donors (Lipinski definition) is 0. The summed E-state index contributed by atoms with van der Waals surface area (Å²) in [4.78, 5) is 0. The highest BCUT2D eigenvalue weighted by Crippen LogP contribution is 2.07. The van der Waals surface area contributed by atoms with Gasteiger partial charge in [-0.3, -0.25) is 0 Å². The molecular weight excluding hydrogens is 140 g/mol. The highest BCUT2D eigenvalue weighted by Gasteiger charge is 1.99. The second-order valence-corrected chi connectivity index (χ2v) is 2.09. The summed E-state index contributed by atoms with van der Waals surface area (Å²) in [7, 11) is 0.